The lowest BCUT2D eigenvalue weighted by Gasteiger charge is -2.21. The van der Waals surface area contributed by atoms with Crippen LogP contribution in [0.4, 0.5) is 13.2 Å². The van der Waals surface area contributed by atoms with Crippen molar-refractivity contribution in [1.29, 1.82) is 0 Å². The highest BCUT2D eigenvalue weighted by Crippen LogP contribution is 2.39. The second-order valence-corrected chi connectivity index (χ2v) is 3.92. The smallest absolute Gasteiger partial charge is 0.320 e. The van der Waals surface area contributed by atoms with Gasteiger partial charge in [-0.05, 0) is 31.6 Å². The van der Waals surface area contributed by atoms with Crippen molar-refractivity contribution in [2.45, 2.75) is 18.5 Å². The second kappa shape index (κ2) is 5.55. The van der Waals surface area contributed by atoms with Crippen molar-refractivity contribution in [3.63, 3.8) is 0 Å². The van der Waals surface area contributed by atoms with Gasteiger partial charge in [-0.2, -0.15) is 13.2 Å². The number of rotatable bonds is 4. The Morgan fingerprint density at radius 1 is 1.31 bits per heavy atom. The van der Waals surface area contributed by atoms with Gasteiger partial charge in [0.1, 0.15) is 0 Å². The lowest BCUT2D eigenvalue weighted by atomic mass is 9.95. The number of hydrogen-bond acceptors (Lipinski definition) is 1. The molecule has 1 nitrogen and oxygen atoms in total. The SMILES string of the molecule is CNCCC(c1ccccc1Cl)C(F)(F)F. The summed E-state index contributed by atoms with van der Waals surface area (Å²) in [6, 6.07) is 6.10. The van der Waals surface area contributed by atoms with Crippen LogP contribution in [0.1, 0.15) is 17.9 Å². The van der Waals surface area contributed by atoms with E-state index in [1.54, 1.807) is 19.2 Å². The first-order valence-electron chi connectivity index (χ1n) is 4.92. The lowest BCUT2D eigenvalue weighted by Crippen LogP contribution is -2.24. The second-order valence-electron chi connectivity index (χ2n) is 3.51. The maximum absolute atomic E-state index is 12.8. The van der Waals surface area contributed by atoms with Crippen LogP contribution in [0.2, 0.25) is 5.02 Å². The number of hydrogen-bond donors (Lipinski definition) is 1. The molecule has 0 spiro atoms. The maximum Gasteiger partial charge on any atom is 0.395 e. The van der Waals surface area contributed by atoms with Gasteiger partial charge in [-0.15, -0.1) is 0 Å². The predicted molar refractivity (Wildman–Crippen MR) is 58.8 cm³/mol. The van der Waals surface area contributed by atoms with Gasteiger partial charge < -0.3 is 5.32 Å². The summed E-state index contributed by atoms with van der Waals surface area (Å²) < 4.78 is 38.5. The largest absolute Gasteiger partial charge is 0.395 e. The molecule has 1 aromatic carbocycles. The Bertz CT molecular complexity index is 338. The summed E-state index contributed by atoms with van der Waals surface area (Å²) in [5.41, 5.74) is 0.145. The Kier molecular flexibility index (Phi) is 4.62. The zero-order valence-electron chi connectivity index (χ0n) is 8.81. The number of nitrogens with one attached hydrogen (secondary N) is 1. The maximum atomic E-state index is 12.8. The van der Waals surface area contributed by atoms with E-state index in [1.807, 2.05) is 0 Å². The van der Waals surface area contributed by atoms with Crippen molar-refractivity contribution in [2.24, 2.45) is 0 Å². The van der Waals surface area contributed by atoms with Crippen LogP contribution in [0, 0.1) is 0 Å². The molecule has 1 rings (SSSR count). The van der Waals surface area contributed by atoms with Crippen LogP contribution >= 0.6 is 11.6 Å². The number of halogens is 4. The molecule has 0 aliphatic carbocycles. The molecule has 1 atom stereocenters. The van der Waals surface area contributed by atoms with Crippen LogP contribution in [0.5, 0.6) is 0 Å². The molecule has 0 aromatic heterocycles. The summed E-state index contributed by atoms with van der Waals surface area (Å²) in [5.74, 6) is -1.51. The average Bonchev–Trinajstić information content (AvgIpc) is 2.19. The molecule has 0 aliphatic heterocycles. The van der Waals surface area contributed by atoms with Crippen LogP contribution in [0.25, 0.3) is 0 Å². The molecule has 1 aromatic rings. The normalized spacial score (nSPS) is 13.8. The third-order valence-electron chi connectivity index (χ3n) is 2.36. The number of alkyl halides is 3. The molecule has 0 saturated heterocycles. The van der Waals surface area contributed by atoms with Gasteiger partial charge in [-0.3, -0.25) is 0 Å². The van der Waals surface area contributed by atoms with Crippen molar-refractivity contribution in [2.75, 3.05) is 13.6 Å². The van der Waals surface area contributed by atoms with E-state index in [4.69, 9.17) is 11.6 Å². The standard InChI is InChI=1S/C11H13ClF3N/c1-16-7-6-9(11(13,14)15)8-4-2-3-5-10(8)12/h2-5,9,16H,6-7H2,1H3. The fourth-order valence-corrected chi connectivity index (χ4v) is 1.81. The van der Waals surface area contributed by atoms with Gasteiger partial charge in [0.15, 0.2) is 0 Å². The molecular formula is C11H13ClF3N. The lowest BCUT2D eigenvalue weighted by molar-refractivity contribution is -0.151. The molecule has 0 aliphatic rings. The van der Waals surface area contributed by atoms with E-state index in [2.05, 4.69) is 5.32 Å². The van der Waals surface area contributed by atoms with Gasteiger partial charge in [0.05, 0.1) is 5.92 Å². The van der Waals surface area contributed by atoms with Gasteiger partial charge in [-0.1, -0.05) is 29.8 Å². The third kappa shape index (κ3) is 3.39. The zero-order chi connectivity index (χ0) is 12.2. The van der Waals surface area contributed by atoms with Crippen LogP contribution in [0.15, 0.2) is 24.3 Å². The fourth-order valence-electron chi connectivity index (χ4n) is 1.54. The van der Waals surface area contributed by atoms with E-state index >= 15 is 0 Å². The van der Waals surface area contributed by atoms with E-state index in [1.165, 1.54) is 12.1 Å². The molecule has 0 fully saturated rings. The predicted octanol–water partition coefficient (Wildman–Crippen LogP) is 3.60. The Labute approximate surface area is 97.6 Å². The molecule has 0 heterocycles. The summed E-state index contributed by atoms with van der Waals surface area (Å²) in [6.07, 6.45) is -4.27. The van der Waals surface area contributed by atoms with Crippen LogP contribution in [-0.2, 0) is 0 Å². The third-order valence-corrected chi connectivity index (χ3v) is 2.70. The Hall–Kier alpha value is -0.740. The quantitative estimate of drug-likeness (QED) is 0.862. The monoisotopic (exact) mass is 251 g/mol. The minimum Gasteiger partial charge on any atom is -0.320 e. The van der Waals surface area contributed by atoms with E-state index in [0.717, 1.165) is 0 Å². The molecule has 0 radical (unpaired) electrons. The summed E-state index contributed by atoms with van der Waals surface area (Å²) in [4.78, 5) is 0. The van der Waals surface area contributed by atoms with Crippen molar-refractivity contribution in [3.05, 3.63) is 34.9 Å². The minimum atomic E-state index is -4.26. The topological polar surface area (TPSA) is 12.0 Å². The van der Waals surface area contributed by atoms with Crippen LogP contribution in [-0.4, -0.2) is 19.8 Å². The van der Waals surface area contributed by atoms with Crippen LogP contribution < -0.4 is 5.32 Å². The first-order chi connectivity index (χ1) is 7.46. The van der Waals surface area contributed by atoms with E-state index in [9.17, 15) is 13.2 Å². The van der Waals surface area contributed by atoms with Crippen molar-refractivity contribution in [3.8, 4) is 0 Å². The van der Waals surface area contributed by atoms with Gasteiger partial charge in [-0.25, -0.2) is 0 Å². The molecule has 1 unspecified atom stereocenters. The van der Waals surface area contributed by atoms with Gasteiger partial charge >= 0.3 is 6.18 Å². The van der Waals surface area contributed by atoms with Gasteiger partial charge in [0, 0.05) is 5.02 Å². The molecule has 5 heteroatoms. The molecule has 0 bridgehead atoms. The van der Waals surface area contributed by atoms with Crippen molar-refractivity contribution >= 4 is 11.6 Å². The Morgan fingerprint density at radius 2 is 1.94 bits per heavy atom. The summed E-state index contributed by atoms with van der Waals surface area (Å²) in [7, 11) is 1.63. The highest BCUT2D eigenvalue weighted by Gasteiger charge is 2.40. The molecule has 0 saturated carbocycles. The average molecular weight is 252 g/mol. The minimum absolute atomic E-state index is 0.0102. The molecule has 90 valence electrons. The van der Waals surface area contributed by atoms with E-state index in [0.29, 0.717) is 6.54 Å². The number of benzene rings is 1. The highest BCUT2D eigenvalue weighted by molar-refractivity contribution is 6.31. The first kappa shape index (κ1) is 13.3. The summed E-state index contributed by atoms with van der Waals surface area (Å²) in [5, 5.41) is 2.88. The molecule has 0 amide bonds. The first-order valence-corrected chi connectivity index (χ1v) is 5.30. The zero-order valence-corrected chi connectivity index (χ0v) is 9.57. The molecule has 1 N–H and O–H groups in total. The van der Waals surface area contributed by atoms with Gasteiger partial charge in [0.25, 0.3) is 0 Å². The van der Waals surface area contributed by atoms with Crippen molar-refractivity contribution in [1.82, 2.24) is 5.32 Å². The summed E-state index contributed by atoms with van der Waals surface area (Å²) in [6.45, 7) is 0.301. The molecular weight excluding hydrogens is 239 g/mol. The Balaban J connectivity index is 2.97. The van der Waals surface area contributed by atoms with Crippen molar-refractivity contribution < 1.29 is 13.2 Å². The molecule has 16 heavy (non-hydrogen) atoms. The summed E-state index contributed by atoms with van der Waals surface area (Å²) >= 11 is 5.78. The fraction of sp³-hybridized carbons (Fsp3) is 0.455. The van der Waals surface area contributed by atoms with E-state index < -0.39 is 12.1 Å². The van der Waals surface area contributed by atoms with E-state index in [-0.39, 0.29) is 17.0 Å². The van der Waals surface area contributed by atoms with Gasteiger partial charge in [0.2, 0.25) is 0 Å². The van der Waals surface area contributed by atoms with Crippen LogP contribution in [0.3, 0.4) is 0 Å². The highest BCUT2D eigenvalue weighted by atomic mass is 35.5. The Morgan fingerprint density at radius 3 is 2.44 bits per heavy atom.